The van der Waals surface area contributed by atoms with Gasteiger partial charge in [0, 0.05) is 19.5 Å². The molecule has 0 aliphatic carbocycles. The van der Waals surface area contributed by atoms with Gasteiger partial charge in [0.2, 0.25) is 5.91 Å². The number of halogens is 6. The van der Waals surface area contributed by atoms with Gasteiger partial charge in [-0.25, -0.2) is 9.59 Å². The third-order valence-electron chi connectivity index (χ3n) is 2.83. The Bertz CT molecular complexity index is 611. The number of rotatable bonds is 5. The second kappa shape index (κ2) is 13.4. The lowest BCUT2D eigenvalue weighted by atomic mass is 10.0. The number of amides is 1. The van der Waals surface area contributed by atoms with E-state index in [0.29, 0.717) is 25.4 Å². The third kappa shape index (κ3) is 15.9. The monoisotopic (exact) mass is 434 g/mol. The van der Waals surface area contributed by atoms with Gasteiger partial charge in [-0.05, 0) is 11.5 Å². The predicted octanol–water partition coefficient (Wildman–Crippen LogP) is 2.52. The molecule has 0 fully saturated rings. The van der Waals surface area contributed by atoms with Crippen LogP contribution in [0.5, 0.6) is 0 Å². The van der Waals surface area contributed by atoms with E-state index in [0.717, 1.165) is 0 Å². The Balaban J connectivity index is 0. The molecule has 1 atom stereocenters. The number of carbonyl (C=O) groups is 3. The lowest BCUT2D eigenvalue weighted by Gasteiger charge is -2.12. The standard InChI is InChI=1S/C12H18N2O.2C2HF3O2/c1-10(9-14-12(15)7-8-13)11-5-3-2-4-6-11;2*3-2(4,5)1(6)7/h2-6,10H,7-9,13H2,1H3,(H,14,15);2*(H,6,7)/t10-;;/m1../s1. The van der Waals surface area contributed by atoms with Crippen molar-refractivity contribution in [3.05, 3.63) is 35.9 Å². The lowest BCUT2D eigenvalue weighted by molar-refractivity contribution is -0.193. The molecular formula is C16H20F6N2O5. The molecule has 0 saturated heterocycles. The number of alkyl halides is 6. The number of hydrogen-bond acceptors (Lipinski definition) is 4. The maximum Gasteiger partial charge on any atom is 0.490 e. The Hall–Kier alpha value is -2.83. The molecule has 0 radical (unpaired) electrons. The number of carbonyl (C=O) groups excluding carboxylic acids is 1. The average Bonchev–Trinajstić information content (AvgIpc) is 2.60. The molecule has 0 heterocycles. The smallest absolute Gasteiger partial charge is 0.475 e. The fraction of sp³-hybridized carbons (Fsp3) is 0.438. The lowest BCUT2D eigenvalue weighted by Crippen LogP contribution is -2.29. The number of benzene rings is 1. The molecule has 1 rings (SSSR count). The molecule has 0 aliphatic rings. The zero-order valence-corrected chi connectivity index (χ0v) is 15.0. The highest BCUT2D eigenvalue weighted by Crippen LogP contribution is 2.14. The van der Waals surface area contributed by atoms with Gasteiger partial charge in [0.05, 0.1) is 0 Å². The number of aliphatic carboxylic acids is 2. The van der Waals surface area contributed by atoms with E-state index in [9.17, 15) is 31.1 Å². The van der Waals surface area contributed by atoms with E-state index in [1.54, 1.807) is 0 Å². The van der Waals surface area contributed by atoms with Crippen molar-refractivity contribution in [3.63, 3.8) is 0 Å². The number of carboxylic acids is 2. The molecule has 7 nitrogen and oxygen atoms in total. The van der Waals surface area contributed by atoms with Crippen LogP contribution in [0.1, 0.15) is 24.8 Å². The van der Waals surface area contributed by atoms with Crippen molar-refractivity contribution < 1.29 is 50.9 Å². The Morgan fingerprint density at radius 2 is 1.34 bits per heavy atom. The van der Waals surface area contributed by atoms with Crippen LogP contribution in [0.25, 0.3) is 0 Å². The molecule has 0 saturated carbocycles. The molecular weight excluding hydrogens is 414 g/mol. The average molecular weight is 434 g/mol. The first-order chi connectivity index (χ1) is 13.1. The second-order valence-electron chi connectivity index (χ2n) is 5.26. The molecule has 0 unspecified atom stereocenters. The van der Waals surface area contributed by atoms with Gasteiger partial charge >= 0.3 is 24.3 Å². The summed E-state index contributed by atoms with van der Waals surface area (Å²) in [4.78, 5) is 29.0. The highest BCUT2D eigenvalue weighted by Gasteiger charge is 2.38. The molecule has 13 heteroatoms. The SMILES string of the molecule is C[C@H](CNC(=O)CCN)c1ccccc1.O=C(O)C(F)(F)F.O=C(O)C(F)(F)F. The minimum Gasteiger partial charge on any atom is -0.475 e. The van der Waals surface area contributed by atoms with Crippen molar-refractivity contribution >= 4 is 17.8 Å². The van der Waals surface area contributed by atoms with Gasteiger partial charge < -0.3 is 21.3 Å². The van der Waals surface area contributed by atoms with E-state index >= 15 is 0 Å². The number of hydrogen-bond donors (Lipinski definition) is 4. The van der Waals surface area contributed by atoms with E-state index in [1.165, 1.54) is 5.56 Å². The van der Waals surface area contributed by atoms with Crippen molar-refractivity contribution in [3.8, 4) is 0 Å². The maximum absolute atomic E-state index is 11.2. The van der Waals surface area contributed by atoms with Crippen molar-refractivity contribution in [2.75, 3.05) is 13.1 Å². The fourth-order valence-corrected chi connectivity index (χ4v) is 1.39. The third-order valence-corrected chi connectivity index (χ3v) is 2.83. The summed E-state index contributed by atoms with van der Waals surface area (Å²) in [5.41, 5.74) is 6.53. The van der Waals surface area contributed by atoms with Crippen LogP contribution < -0.4 is 11.1 Å². The van der Waals surface area contributed by atoms with Gasteiger partial charge in [-0.15, -0.1) is 0 Å². The van der Waals surface area contributed by atoms with E-state index in [1.807, 2.05) is 18.2 Å². The van der Waals surface area contributed by atoms with E-state index in [-0.39, 0.29) is 5.91 Å². The van der Waals surface area contributed by atoms with Gasteiger partial charge in [0.15, 0.2) is 0 Å². The zero-order valence-electron chi connectivity index (χ0n) is 15.0. The molecule has 29 heavy (non-hydrogen) atoms. The summed E-state index contributed by atoms with van der Waals surface area (Å²) in [5, 5.41) is 17.1. The molecule has 1 aromatic carbocycles. The summed E-state index contributed by atoms with van der Waals surface area (Å²) in [6.07, 6.45) is -9.76. The summed E-state index contributed by atoms with van der Waals surface area (Å²) in [6.45, 7) is 3.17. The molecule has 5 N–H and O–H groups in total. The number of nitrogens with two attached hydrogens (primary N) is 1. The minimum atomic E-state index is -5.08. The topological polar surface area (TPSA) is 130 Å². The van der Waals surface area contributed by atoms with Gasteiger partial charge in [0.1, 0.15) is 0 Å². The van der Waals surface area contributed by atoms with Crippen molar-refractivity contribution in [2.24, 2.45) is 5.73 Å². The summed E-state index contributed by atoms with van der Waals surface area (Å²) < 4.78 is 63.5. The molecule has 1 aromatic rings. The first-order valence-electron chi connectivity index (χ1n) is 7.74. The summed E-state index contributed by atoms with van der Waals surface area (Å²) >= 11 is 0. The summed E-state index contributed by atoms with van der Waals surface area (Å²) in [5.74, 6) is -5.15. The highest BCUT2D eigenvalue weighted by atomic mass is 19.4. The second-order valence-corrected chi connectivity index (χ2v) is 5.26. The maximum atomic E-state index is 11.2. The number of carboxylic acid groups (broad SMARTS) is 2. The van der Waals surface area contributed by atoms with Crippen molar-refractivity contribution in [2.45, 2.75) is 31.6 Å². The fourth-order valence-electron chi connectivity index (χ4n) is 1.39. The summed E-state index contributed by atoms with van der Waals surface area (Å²) in [7, 11) is 0. The van der Waals surface area contributed by atoms with Crippen LogP contribution in [-0.2, 0) is 14.4 Å². The van der Waals surface area contributed by atoms with Gasteiger partial charge in [0.25, 0.3) is 0 Å². The zero-order chi connectivity index (χ0) is 23.3. The molecule has 0 bridgehead atoms. The van der Waals surface area contributed by atoms with E-state index < -0.39 is 24.3 Å². The quantitative estimate of drug-likeness (QED) is 0.527. The molecule has 0 spiro atoms. The van der Waals surface area contributed by atoms with E-state index in [2.05, 4.69) is 24.4 Å². The van der Waals surface area contributed by atoms with Crippen LogP contribution in [0.2, 0.25) is 0 Å². The first kappa shape index (κ1) is 28.4. The van der Waals surface area contributed by atoms with Gasteiger partial charge in [-0.1, -0.05) is 37.3 Å². The number of nitrogens with one attached hydrogen (secondary N) is 1. The van der Waals surface area contributed by atoms with Gasteiger partial charge in [-0.3, -0.25) is 4.79 Å². The Morgan fingerprint density at radius 3 is 1.66 bits per heavy atom. The molecule has 0 aromatic heterocycles. The van der Waals surface area contributed by atoms with Gasteiger partial charge in [-0.2, -0.15) is 26.3 Å². The highest BCUT2D eigenvalue weighted by molar-refractivity contribution is 5.76. The van der Waals surface area contributed by atoms with E-state index in [4.69, 9.17) is 25.5 Å². The molecule has 0 aliphatic heterocycles. The van der Waals surface area contributed by atoms with Crippen molar-refractivity contribution in [1.82, 2.24) is 5.32 Å². The Morgan fingerprint density at radius 1 is 0.966 bits per heavy atom. The molecule has 1 amide bonds. The van der Waals surface area contributed by atoms with Crippen LogP contribution >= 0.6 is 0 Å². The van der Waals surface area contributed by atoms with Crippen LogP contribution in [-0.4, -0.2) is 53.5 Å². The van der Waals surface area contributed by atoms with Crippen LogP contribution in [0.3, 0.4) is 0 Å². The molecule has 166 valence electrons. The predicted molar refractivity (Wildman–Crippen MR) is 88.9 cm³/mol. The van der Waals surface area contributed by atoms with Crippen molar-refractivity contribution in [1.29, 1.82) is 0 Å². The summed E-state index contributed by atoms with van der Waals surface area (Å²) in [6, 6.07) is 10.1. The largest absolute Gasteiger partial charge is 0.490 e. The minimum absolute atomic E-state index is 0.0280. The first-order valence-corrected chi connectivity index (χ1v) is 7.74. The normalized spacial score (nSPS) is 11.7. The van der Waals surface area contributed by atoms with Crippen LogP contribution in [0.15, 0.2) is 30.3 Å². The van der Waals surface area contributed by atoms with Crippen LogP contribution in [0.4, 0.5) is 26.3 Å². The Labute approximate surface area is 161 Å². The Kier molecular flexibility index (Phi) is 13.1. The van der Waals surface area contributed by atoms with Crippen LogP contribution in [0, 0.1) is 0 Å².